The Kier molecular flexibility index (Phi) is 4.30. The molecule has 2 N–H and O–H groups in total. The molecule has 0 aliphatic heterocycles. The molecule has 0 fully saturated rings. The minimum Gasteiger partial charge on any atom is -0.478 e. The highest BCUT2D eigenvalue weighted by atomic mass is 16.4. The molecule has 20 heavy (non-hydrogen) atoms. The maximum Gasteiger partial charge on any atom is 0.335 e. The number of nitrogens with one attached hydrogen (secondary N) is 1. The molecule has 104 valence electrons. The van der Waals surface area contributed by atoms with Crippen LogP contribution >= 0.6 is 0 Å². The van der Waals surface area contributed by atoms with E-state index < -0.39 is 5.97 Å². The number of carboxylic acids is 1. The van der Waals surface area contributed by atoms with Crippen molar-refractivity contribution in [3.05, 3.63) is 53.0 Å². The van der Waals surface area contributed by atoms with Crippen molar-refractivity contribution in [1.29, 1.82) is 0 Å². The lowest BCUT2D eigenvalue weighted by molar-refractivity contribution is 0.0697. The van der Waals surface area contributed by atoms with Gasteiger partial charge < -0.3 is 10.4 Å². The van der Waals surface area contributed by atoms with Crippen LogP contribution < -0.4 is 5.32 Å². The van der Waals surface area contributed by atoms with Crippen molar-refractivity contribution in [3.8, 4) is 0 Å². The van der Waals surface area contributed by atoms with Gasteiger partial charge in [0.15, 0.2) is 0 Å². The molecule has 2 aromatic rings. The third kappa shape index (κ3) is 3.54. The molecule has 0 spiro atoms. The van der Waals surface area contributed by atoms with Crippen molar-refractivity contribution >= 4 is 11.8 Å². The fraction of sp³-hybridized carbons (Fsp3) is 0.267. The molecule has 1 aromatic carbocycles. The van der Waals surface area contributed by atoms with Gasteiger partial charge in [-0.05, 0) is 31.0 Å². The van der Waals surface area contributed by atoms with Crippen molar-refractivity contribution in [3.63, 3.8) is 0 Å². The van der Waals surface area contributed by atoms with Gasteiger partial charge in [-0.15, -0.1) is 0 Å². The summed E-state index contributed by atoms with van der Waals surface area (Å²) < 4.78 is 0. The Labute approximate surface area is 117 Å². The Morgan fingerprint density at radius 3 is 2.80 bits per heavy atom. The Hall–Kier alpha value is -2.43. The third-order valence-electron chi connectivity index (χ3n) is 2.90. The second-order valence-corrected chi connectivity index (χ2v) is 4.50. The van der Waals surface area contributed by atoms with Gasteiger partial charge in [-0.2, -0.15) is 0 Å². The first-order chi connectivity index (χ1) is 9.58. The molecular weight excluding hydrogens is 254 g/mol. The van der Waals surface area contributed by atoms with Crippen molar-refractivity contribution in [1.82, 2.24) is 9.97 Å². The van der Waals surface area contributed by atoms with Crippen LogP contribution in [0.25, 0.3) is 0 Å². The molecule has 1 heterocycles. The standard InChI is InChI=1S/C15H17N3O2/c1-3-13-8-14(18-10(2)17-13)16-9-11-5-4-6-12(7-11)15(19)20/h4-8H,3,9H2,1-2H3,(H,19,20)(H,16,17,18). The molecule has 0 amide bonds. The fourth-order valence-corrected chi connectivity index (χ4v) is 1.91. The third-order valence-corrected chi connectivity index (χ3v) is 2.90. The Balaban J connectivity index is 2.10. The summed E-state index contributed by atoms with van der Waals surface area (Å²) in [7, 11) is 0. The molecule has 5 nitrogen and oxygen atoms in total. The van der Waals surface area contributed by atoms with Crippen LogP contribution in [0.1, 0.15) is 34.4 Å². The SMILES string of the molecule is CCc1cc(NCc2cccc(C(=O)O)c2)nc(C)n1. The lowest BCUT2D eigenvalue weighted by Crippen LogP contribution is -2.06. The van der Waals surface area contributed by atoms with Gasteiger partial charge in [-0.3, -0.25) is 0 Å². The summed E-state index contributed by atoms with van der Waals surface area (Å²) in [5.74, 6) is 0.569. The number of nitrogens with zero attached hydrogens (tertiary/aromatic N) is 2. The zero-order valence-electron chi connectivity index (χ0n) is 11.6. The van der Waals surface area contributed by atoms with Crippen LogP contribution in [-0.4, -0.2) is 21.0 Å². The van der Waals surface area contributed by atoms with Gasteiger partial charge in [-0.1, -0.05) is 19.1 Å². The van der Waals surface area contributed by atoms with E-state index in [-0.39, 0.29) is 5.56 Å². The molecule has 0 saturated heterocycles. The van der Waals surface area contributed by atoms with Crippen molar-refractivity contribution in [2.45, 2.75) is 26.8 Å². The van der Waals surface area contributed by atoms with Crippen LogP contribution in [0.5, 0.6) is 0 Å². The predicted octanol–water partition coefficient (Wildman–Crippen LogP) is 2.66. The van der Waals surface area contributed by atoms with E-state index in [9.17, 15) is 4.79 Å². The summed E-state index contributed by atoms with van der Waals surface area (Å²) in [5.41, 5.74) is 2.18. The summed E-state index contributed by atoms with van der Waals surface area (Å²) in [6.45, 7) is 4.43. The normalized spacial score (nSPS) is 10.3. The van der Waals surface area contributed by atoms with E-state index >= 15 is 0 Å². The quantitative estimate of drug-likeness (QED) is 0.874. The highest BCUT2D eigenvalue weighted by Crippen LogP contribution is 2.11. The number of rotatable bonds is 5. The molecule has 2 rings (SSSR count). The monoisotopic (exact) mass is 271 g/mol. The van der Waals surface area contributed by atoms with Gasteiger partial charge in [0.1, 0.15) is 11.6 Å². The lowest BCUT2D eigenvalue weighted by atomic mass is 10.1. The summed E-state index contributed by atoms with van der Waals surface area (Å²) in [4.78, 5) is 19.5. The van der Waals surface area contributed by atoms with Crippen LogP contribution in [0, 0.1) is 6.92 Å². The van der Waals surface area contributed by atoms with Gasteiger partial charge in [0.2, 0.25) is 0 Å². The maximum atomic E-state index is 10.9. The van der Waals surface area contributed by atoms with Gasteiger partial charge >= 0.3 is 5.97 Å². The van der Waals surface area contributed by atoms with E-state index in [0.717, 1.165) is 29.3 Å². The molecular formula is C15H17N3O2. The molecule has 0 radical (unpaired) electrons. The summed E-state index contributed by atoms with van der Waals surface area (Å²) in [6.07, 6.45) is 0.854. The number of hydrogen-bond acceptors (Lipinski definition) is 4. The number of carboxylic acid groups (broad SMARTS) is 1. The van der Waals surface area contributed by atoms with E-state index in [2.05, 4.69) is 15.3 Å². The fourth-order valence-electron chi connectivity index (χ4n) is 1.91. The van der Waals surface area contributed by atoms with Crippen LogP contribution in [0.3, 0.4) is 0 Å². The minimum absolute atomic E-state index is 0.289. The predicted molar refractivity (Wildman–Crippen MR) is 76.9 cm³/mol. The zero-order chi connectivity index (χ0) is 14.5. The molecule has 0 aliphatic rings. The molecule has 0 atom stereocenters. The van der Waals surface area contributed by atoms with Gasteiger partial charge in [0, 0.05) is 18.3 Å². The number of hydrogen-bond donors (Lipinski definition) is 2. The van der Waals surface area contributed by atoms with E-state index in [0.29, 0.717) is 6.54 Å². The molecule has 0 aliphatic carbocycles. The van der Waals surface area contributed by atoms with Crippen LogP contribution in [-0.2, 0) is 13.0 Å². The Morgan fingerprint density at radius 1 is 1.30 bits per heavy atom. The molecule has 5 heteroatoms. The van der Waals surface area contributed by atoms with Crippen LogP contribution in [0.2, 0.25) is 0 Å². The van der Waals surface area contributed by atoms with Gasteiger partial charge in [0.25, 0.3) is 0 Å². The molecule has 0 unspecified atom stereocenters. The molecule has 1 aromatic heterocycles. The number of carbonyl (C=O) groups is 1. The average molecular weight is 271 g/mol. The Morgan fingerprint density at radius 2 is 2.10 bits per heavy atom. The van der Waals surface area contributed by atoms with Crippen molar-refractivity contribution < 1.29 is 9.90 Å². The highest BCUT2D eigenvalue weighted by Gasteiger charge is 2.04. The summed E-state index contributed by atoms with van der Waals surface area (Å²) >= 11 is 0. The second-order valence-electron chi connectivity index (χ2n) is 4.50. The van der Waals surface area contributed by atoms with Crippen molar-refractivity contribution in [2.24, 2.45) is 0 Å². The first kappa shape index (κ1) is 14.0. The number of aryl methyl sites for hydroxylation is 2. The average Bonchev–Trinajstić information content (AvgIpc) is 2.44. The first-order valence-electron chi connectivity index (χ1n) is 6.49. The van der Waals surface area contributed by atoms with E-state index in [1.54, 1.807) is 18.2 Å². The molecule has 0 bridgehead atoms. The highest BCUT2D eigenvalue weighted by molar-refractivity contribution is 5.87. The smallest absolute Gasteiger partial charge is 0.335 e. The van der Waals surface area contributed by atoms with E-state index in [1.807, 2.05) is 26.0 Å². The number of benzene rings is 1. The molecule has 0 saturated carbocycles. The number of aromatic carboxylic acids is 1. The van der Waals surface area contributed by atoms with Crippen LogP contribution in [0.4, 0.5) is 5.82 Å². The Bertz CT molecular complexity index is 626. The topological polar surface area (TPSA) is 75.1 Å². The summed E-state index contributed by atoms with van der Waals surface area (Å²) in [6, 6.07) is 8.77. The van der Waals surface area contributed by atoms with Gasteiger partial charge in [-0.25, -0.2) is 14.8 Å². The van der Waals surface area contributed by atoms with Crippen LogP contribution in [0.15, 0.2) is 30.3 Å². The summed E-state index contributed by atoms with van der Waals surface area (Å²) in [5, 5.41) is 12.2. The van der Waals surface area contributed by atoms with E-state index in [4.69, 9.17) is 5.11 Å². The maximum absolute atomic E-state index is 10.9. The number of aromatic nitrogens is 2. The zero-order valence-corrected chi connectivity index (χ0v) is 11.6. The van der Waals surface area contributed by atoms with Gasteiger partial charge in [0.05, 0.1) is 5.56 Å². The van der Waals surface area contributed by atoms with E-state index in [1.165, 1.54) is 0 Å². The lowest BCUT2D eigenvalue weighted by Gasteiger charge is -2.08. The van der Waals surface area contributed by atoms with Crippen molar-refractivity contribution in [2.75, 3.05) is 5.32 Å². The first-order valence-corrected chi connectivity index (χ1v) is 6.49. The second kappa shape index (κ2) is 6.14. The number of anilines is 1. The largest absolute Gasteiger partial charge is 0.478 e. The minimum atomic E-state index is -0.919.